The van der Waals surface area contributed by atoms with Crippen molar-refractivity contribution in [1.82, 2.24) is 14.5 Å². The van der Waals surface area contributed by atoms with Crippen LogP contribution in [-0.4, -0.2) is 14.5 Å². The van der Waals surface area contributed by atoms with E-state index in [1.165, 1.54) is 89.3 Å². The molecule has 15 aromatic rings. The first kappa shape index (κ1) is 36.1. The Bertz CT molecular complexity index is 4680. The first-order chi connectivity index (χ1) is 33.2. The van der Waals surface area contributed by atoms with Gasteiger partial charge in [-0.05, 0) is 76.3 Å². The highest BCUT2D eigenvalue weighted by molar-refractivity contribution is 7.27. The molecule has 0 saturated heterocycles. The van der Waals surface area contributed by atoms with Gasteiger partial charge >= 0.3 is 0 Å². The van der Waals surface area contributed by atoms with Crippen LogP contribution < -0.4 is 0 Å². The van der Waals surface area contributed by atoms with Crippen molar-refractivity contribution in [2.45, 2.75) is 6.42 Å². The van der Waals surface area contributed by atoms with Gasteiger partial charge in [-0.2, -0.15) is 0 Å². The van der Waals surface area contributed by atoms with Crippen LogP contribution in [-0.2, 0) is 6.42 Å². The van der Waals surface area contributed by atoms with Gasteiger partial charge in [-0.1, -0.05) is 133 Å². The minimum absolute atomic E-state index is 0.646. The number of nitrogens with zero attached hydrogens (tertiary/aromatic N) is 3. The smallest absolute Gasteiger partial charge is 0.160 e. The fraction of sp³-hybridized carbons (Fsp3) is 0.0164. The van der Waals surface area contributed by atoms with Crippen molar-refractivity contribution >= 4 is 128 Å². The van der Waals surface area contributed by atoms with Gasteiger partial charge in [-0.15, -0.1) is 22.7 Å². The van der Waals surface area contributed by atoms with Crippen molar-refractivity contribution in [2.24, 2.45) is 0 Å². The third-order valence-electron chi connectivity index (χ3n) is 14.3. The molecule has 1 aliphatic rings. The van der Waals surface area contributed by atoms with E-state index < -0.39 is 0 Å². The number of rotatable bonds is 2. The molecule has 0 radical (unpaired) electrons. The Hall–Kier alpha value is -8.16. The van der Waals surface area contributed by atoms with E-state index in [0.29, 0.717) is 12.2 Å². The Kier molecular flexibility index (Phi) is 7.13. The summed E-state index contributed by atoms with van der Waals surface area (Å²) in [5.41, 5.74) is 12.5. The quantitative estimate of drug-likeness (QED) is 0.174. The summed E-state index contributed by atoms with van der Waals surface area (Å²) in [5, 5.41) is 14.6. The predicted octanol–water partition coefficient (Wildman–Crippen LogP) is 17.4. The third-order valence-corrected chi connectivity index (χ3v) is 16.7. The summed E-state index contributed by atoms with van der Waals surface area (Å²) in [6, 6.07) is 69.1. The average Bonchev–Trinajstić information content (AvgIpc) is 4.14. The maximum atomic E-state index is 6.53. The third kappa shape index (κ3) is 5.00. The van der Waals surface area contributed by atoms with Gasteiger partial charge in [0.15, 0.2) is 5.82 Å². The second-order valence-electron chi connectivity index (χ2n) is 18.0. The summed E-state index contributed by atoms with van der Waals surface area (Å²) in [6.07, 6.45) is 0.646. The highest BCUT2D eigenvalue weighted by Crippen LogP contribution is 2.52. The second-order valence-corrected chi connectivity index (χ2v) is 20.1. The highest BCUT2D eigenvalue weighted by Gasteiger charge is 2.30. The molecule has 6 heteroatoms. The molecular formula is C61H33N3OS2. The summed E-state index contributed by atoms with van der Waals surface area (Å²) in [4.78, 5) is 11.6. The maximum absolute atomic E-state index is 6.53. The molecular weight excluding hydrogens is 855 g/mol. The van der Waals surface area contributed by atoms with Crippen molar-refractivity contribution in [2.75, 3.05) is 0 Å². The molecule has 0 unspecified atom stereocenters. The van der Waals surface area contributed by atoms with Crippen LogP contribution in [0.15, 0.2) is 192 Å². The van der Waals surface area contributed by atoms with Gasteiger partial charge in [0.25, 0.3) is 0 Å². The minimum atomic E-state index is 0.646. The zero-order valence-electron chi connectivity index (χ0n) is 35.7. The van der Waals surface area contributed by atoms with Gasteiger partial charge in [0.2, 0.25) is 0 Å². The molecule has 4 nitrogen and oxygen atoms in total. The van der Waals surface area contributed by atoms with Crippen molar-refractivity contribution in [1.29, 1.82) is 0 Å². The lowest BCUT2D eigenvalue weighted by molar-refractivity contribution is 0.669. The first-order valence-electron chi connectivity index (χ1n) is 22.8. The van der Waals surface area contributed by atoms with Gasteiger partial charge in [0.05, 0.1) is 28.1 Å². The first-order valence-corrected chi connectivity index (χ1v) is 24.4. The SMILES string of the molecule is c1ccc2cc3c(cc2c1)c1ccc2cc1n3-c1c(c3ccccc3c3sc4ccccc4c13)-c1nc(-c3ccc4c(c3)oc3ccccc34)nc(-c3ccc4c(c3)sc3ccccc34)c1C2. The van der Waals surface area contributed by atoms with Gasteiger partial charge in [-0.25, -0.2) is 9.97 Å². The Morgan fingerprint density at radius 1 is 0.433 bits per heavy atom. The van der Waals surface area contributed by atoms with Crippen LogP contribution >= 0.6 is 22.7 Å². The summed E-state index contributed by atoms with van der Waals surface area (Å²) in [6.45, 7) is 0. The van der Waals surface area contributed by atoms with Crippen LogP contribution in [0.25, 0.3) is 145 Å². The molecule has 0 spiro atoms. The average molecular weight is 888 g/mol. The van der Waals surface area contributed by atoms with E-state index in [0.717, 1.165) is 61.3 Å². The molecule has 67 heavy (non-hydrogen) atoms. The number of hydrogen-bond donors (Lipinski definition) is 0. The molecule has 0 saturated carbocycles. The standard InChI is InChI=1S/C61H33N3OS2/c1-2-12-35-30-49-46(29-34(35)11-1)38-24-21-33-27-47-57(36-22-26-42-41-14-6-9-19-52(41)66-54(42)32-36)62-61(37-23-25-40-39-13-5-8-18-50(39)65-51(40)31-37)63-58(47)55-43-15-3-4-16-44(43)60-56(59(55)64(49)48(38)28-33)45-17-7-10-20-53(45)67-60/h1-26,28-32H,27H2. The van der Waals surface area contributed by atoms with E-state index in [2.05, 4.69) is 180 Å². The van der Waals surface area contributed by atoms with Gasteiger partial charge < -0.3 is 8.98 Å². The molecule has 5 aromatic heterocycles. The maximum Gasteiger partial charge on any atom is 0.160 e. The molecule has 2 bridgehead atoms. The summed E-state index contributed by atoms with van der Waals surface area (Å²) in [5.74, 6) is 0.664. The molecule has 0 fully saturated rings. The van der Waals surface area contributed by atoms with Crippen molar-refractivity contribution in [3.8, 4) is 39.6 Å². The monoisotopic (exact) mass is 887 g/mol. The lowest BCUT2D eigenvalue weighted by atomic mass is 9.89. The van der Waals surface area contributed by atoms with Crippen molar-refractivity contribution < 1.29 is 4.42 Å². The van der Waals surface area contributed by atoms with E-state index in [4.69, 9.17) is 14.4 Å². The molecule has 310 valence electrons. The number of benzene rings is 10. The number of aromatic nitrogens is 3. The van der Waals surface area contributed by atoms with Crippen LogP contribution in [0.2, 0.25) is 0 Å². The Morgan fingerprint density at radius 3 is 1.96 bits per heavy atom. The van der Waals surface area contributed by atoms with Crippen LogP contribution in [0.1, 0.15) is 11.1 Å². The van der Waals surface area contributed by atoms with E-state index >= 15 is 0 Å². The molecule has 1 aliphatic heterocycles. The number of hydrogen-bond acceptors (Lipinski definition) is 5. The second kappa shape index (κ2) is 13.2. The molecule has 6 heterocycles. The van der Waals surface area contributed by atoms with Crippen LogP contribution in [0, 0.1) is 0 Å². The van der Waals surface area contributed by atoms with E-state index in [1.807, 2.05) is 34.8 Å². The van der Waals surface area contributed by atoms with Crippen molar-refractivity contribution in [3.05, 3.63) is 199 Å². The zero-order chi connectivity index (χ0) is 43.5. The van der Waals surface area contributed by atoms with Gasteiger partial charge in [0, 0.05) is 96.0 Å². The summed E-state index contributed by atoms with van der Waals surface area (Å²) in [7, 11) is 0. The molecule has 0 atom stereocenters. The zero-order valence-corrected chi connectivity index (χ0v) is 37.3. The highest BCUT2D eigenvalue weighted by atomic mass is 32.1. The Morgan fingerprint density at radius 2 is 1.07 bits per heavy atom. The number of thiophene rings is 2. The van der Waals surface area contributed by atoms with E-state index in [9.17, 15) is 0 Å². The predicted molar refractivity (Wildman–Crippen MR) is 284 cm³/mol. The van der Waals surface area contributed by atoms with Crippen molar-refractivity contribution in [3.63, 3.8) is 0 Å². The summed E-state index contributed by atoms with van der Waals surface area (Å²) >= 11 is 3.73. The fourth-order valence-electron chi connectivity index (χ4n) is 11.4. The topological polar surface area (TPSA) is 43.9 Å². The van der Waals surface area contributed by atoms with Gasteiger partial charge in [0.1, 0.15) is 11.2 Å². The summed E-state index contributed by atoms with van der Waals surface area (Å²) < 4.78 is 14.2. The fourth-order valence-corrected chi connectivity index (χ4v) is 13.7. The number of para-hydroxylation sites is 1. The van der Waals surface area contributed by atoms with Crippen LogP contribution in [0.4, 0.5) is 0 Å². The Balaban J connectivity index is 1.11. The molecule has 16 rings (SSSR count). The Labute approximate surface area is 390 Å². The molecule has 0 amide bonds. The molecule has 0 aliphatic carbocycles. The van der Waals surface area contributed by atoms with Crippen LogP contribution in [0.5, 0.6) is 0 Å². The minimum Gasteiger partial charge on any atom is -0.456 e. The normalized spacial score (nSPS) is 12.7. The van der Waals surface area contributed by atoms with E-state index in [-0.39, 0.29) is 0 Å². The lowest BCUT2D eigenvalue weighted by Crippen LogP contribution is -2.06. The largest absolute Gasteiger partial charge is 0.456 e. The van der Waals surface area contributed by atoms with Gasteiger partial charge in [-0.3, -0.25) is 0 Å². The number of furan rings is 1. The van der Waals surface area contributed by atoms with E-state index in [1.54, 1.807) is 0 Å². The van der Waals surface area contributed by atoms with Crippen LogP contribution in [0.3, 0.4) is 0 Å². The number of fused-ring (bicyclic) bond motifs is 22. The lowest BCUT2D eigenvalue weighted by Gasteiger charge is -2.22. The molecule has 10 aromatic carbocycles. The molecule has 0 N–H and O–H groups in total.